The number of imide groups is 4. The monoisotopic (exact) mass is 1450 g/mol. The molecule has 4 aliphatic heterocycles. The number of benzene rings is 8. The van der Waals surface area contributed by atoms with Crippen LogP contribution in [0.15, 0.2) is 146 Å². The van der Waals surface area contributed by atoms with E-state index < -0.39 is 117 Å². The standard InChI is InChI=1S/4C18H17NO4.2Rh/c4*1-18(2,3)14(17(22)23)19-15(20)11-8-4-6-10-7-5-9-12(13(10)11)16(19)21;;/h4*4-9,14H,1-3H3,(H,22,23);;/t4*14-;;/m0000../s1. The van der Waals surface area contributed by atoms with Gasteiger partial charge in [-0.05, 0) is 91.7 Å². The van der Waals surface area contributed by atoms with Gasteiger partial charge in [-0.3, -0.25) is 58.0 Å². The molecule has 0 fully saturated rings. The molecule has 94 heavy (non-hydrogen) atoms. The van der Waals surface area contributed by atoms with Crippen molar-refractivity contribution >= 4 is 114 Å². The fourth-order valence-corrected chi connectivity index (χ4v) is 12.6. The summed E-state index contributed by atoms with van der Waals surface area (Å²) in [5, 5.41) is 43.9. The molecule has 4 heterocycles. The first-order valence-corrected chi connectivity index (χ1v) is 29.4. The molecule has 0 aliphatic carbocycles. The van der Waals surface area contributed by atoms with Crippen LogP contribution in [0.3, 0.4) is 0 Å². The van der Waals surface area contributed by atoms with Crippen molar-refractivity contribution in [3.63, 3.8) is 0 Å². The minimum Gasteiger partial charge on any atom is -0.480 e. The van der Waals surface area contributed by atoms with Gasteiger partial charge in [0, 0.05) is 105 Å². The molecule has 0 spiro atoms. The van der Waals surface area contributed by atoms with Crippen LogP contribution >= 0.6 is 0 Å². The third kappa shape index (κ3) is 12.8. The number of carbonyl (C=O) groups excluding carboxylic acids is 8. The van der Waals surface area contributed by atoms with Gasteiger partial charge in [0.25, 0.3) is 47.3 Å². The maximum Gasteiger partial charge on any atom is 0.327 e. The first-order chi connectivity index (χ1) is 42.9. The number of carboxylic acid groups (broad SMARTS) is 4. The van der Waals surface area contributed by atoms with Crippen LogP contribution in [0, 0.1) is 21.7 Å². The van der Waals surface area contributed by atoms with E-state index in [1.165, 1.54) is 0 Å². The summed E-state index contributed by atoms with van der Waals surface area (Å²) in [6.07, 6.45) is 0. The van der Waals surface area contributed by atoms with Gasteiger partial charge in [-0.15, -0.1) is 0 Å². The van der Waals surface area contributed by atoms with Crippen LogP contribution in [0.2, 0.25) is 0 Å². The molecule has 4 N–H and O–H groups in total. The Morgan fingerprint density at radius 2 is 0.372 bits per heavy atom. The zero-order valence-corrected chi connectivity index (χ0v) is 56.6. The van der Waals surface area contributed by atoms with E-state index in [1.54, 1.807) is 180 Å². The Morgan fingerprint density at radius 3 is 0.468 bits per heavy atom. The quantitative estimate of drug-likeness (QED) is 0.0812. The Labute approximate surface area is 566 Å². The molecule has 0 saturated carbocycles. The van der Waals surface area contributed by atoms with E-state index in [0.29, 0.717) is 66.1 Å². The molecule has 8 amide bonds. The Kier molecular flexibility index (Phi) is 20.3. The van der Waals surface area contributed by atoms with Crippen LogP contribution in [0.1, 0.15) is 166 Å². The average molecular weight is 1450 g/mol. The first-order valence-electron chi connectivity index (χ1n) is 29.4. The fourth-order valence-electron chi connectivity index (χ4n) is 12.6. The van der Waals surface area contributed by atoms with Crippen molar-refractivity contribution in [2.24, 2.45) is 21.7 Å². The molecule has 22 heteroatoms. The van der Waals surface area contributed by atoms with E-state index in [2.05, 4.69) is 0 Å². The molecule has 8 aromatic rings. The van der Waals surface area contributed by atoms with E-state index >= 15 is 0 Å². The molecule has 8 aromatic carbocycles. The number of nitrogens with zero attached hydrogens (tertiary/aromatic N) is 4. The predicted molar refractivity (Wildman–Crippen MR) is 341 cm³/mol. The van der Waals surface area contributed by atoms with E-state index in [0.717, 1.165) is 41.1 Å². The second kappa shape index (κ2) is 26.5. The van der Waals surface area contributed by atoms with Crippen molar-refractivity contribution in [3.8, 4) is 0 Å². The molecule has 4 aliphatic rings. The molecule has 490 valence electrons. The van der Waals surface area contributed by atoms with Gasteiger partial charge in [-0.2, -0.15) is 0 Å². The van der Waals surface area contributed by atoms with Gasteiger partial charge in [0.2, 0.25) is 0 Å². The molecule has 0 saturated heterocycles. The summed E-state index contributed by atoms with van der Waals surface area (Å²) in [4.78, 5) is 153. The number of aliphatic carboxylic acids is 4. The maximum atomic E-state index is 12.8. The van der Waals surface area contributed by atoms with E-state index in [-0.39, 0.29) is 39.0 Å². The largest absolute Gasteiger partial charge is 0.480 e. The van der Waals surface area contributed by atoms with E-state index in [1.807, 2.05) is 48.5 Å². The van der Waals surface area contributed by atoms with Crippen LogP contribution in [-0.2, 0) is 58.1 Å². The molecule has 0 aromatic heterocycles. The van der Waals surface area contributed by atoms with Crippen molar-refractivity contribution in [1.29, 1.82) is 0 Å². The topological polar surface area (TPSA) is 299 Å². The van der Waals surface area contributed by atoms with Crippen LogP contribution in [0.4, 0.5) is 0 Å². The smallest absolute Gasteiger partial charge is 0.327 e. The van der Waals surface area contributed by atoms with Crippen molar-refractivity contribution in [2.45, 2.75) is 107 Å². The summed E-state index contributed by atoms with van der Waals surface area (Å²) in [5.74, 6) is -9.19. The van der Waals surface area contributed by atoms with Crippen molar-refractivity contribution in [2.75, 3.05) is 0 Å². The van der Waals surface area contributed by atoms with Crippen molar-refractivity contribution in [1.82, 2.24) is 19.6 Å². The molecule has 0 unspecified atom stereocenters. The Hall–Kier alpha value is -9.51. The van der Waals surface area contributed by atoms with Crippen LogP contribution in [0.25, 0.3) is 43.1 Å². The Morgan fingerprint density at radius 1 is 0.255 bits per heavy atom. The van der Waals surface area contributed by atoms with Gasteiger partial charge in [0.15, 0.2) is 0 Å². The summed E-state index contributed by atoms with van der Waals surface area (Å²) in [6.45, 7) is 20.4. The Bertz CT molecular complexity index is 3770. The van der Waals surface area contributed by atoms with Gasteiger partial charge >= 0.3 is 23.9 Å². The van der Waals surface area contributed by atoms with Gasteiger partial charge in [0.05, 0.1) is 0 Å². The van der Waals surface area contributed by atoms with Gasteiger partial charge in [-0.1, -0.05) is 180 Å². The molecule has 0 bridgehead atoms. The molecule has 2 radical (unpaired) electrons. The third-order valence-electron chi connectivity index (χ3n) is 16.5. The third-order valence-corrected chi connectivity index (χ3v) is 16.5. The molecule has 12 rings (SSSR count). The van der Waals surface area contributed by atoms with Crippen molar-refractivity contribution < 1.29 is 117 Å². The summed E-state index contributed by atoms with van der Waals surface area (Å²) in [6, 6.07) is 36.7. The average Bonchev–Trinajstić information content (AvgIpc) is 0.761. The number of rotatable bonds is 8. The SMILES string of the molecule is CC(C)(C)[C@H](C(=O)O)N1C(=O)c2cccc3cccc(c23)C1=O.CC(C)(C)[C@H](C(=O)O)N1C(=O)c2cccc3cccc(c23)C1=O.CC(C)(C)[C@H](C(=O)O)N1C(=O)c2cccc3cccc(c23)C1=O.CC(C)(C)[C@H](C(=O)O)N1C(=O)c2cccc3cccc(c23)C1=O.[Rh].[Rh]. The fraction of sp³-hybridized carbons (Fsp3) is 0.278. The summed E-state index contributed by atoms with van der Waals surface area (Å²) < 4.78 is 0. The van der Waals surface area contributed by atoms with E-state index in [9.17, 15) is 78.0 Å². The van der Waals surface area contributed by atoms with Crippen LogP contribution in [0.5, 0.6) is 0 Å². The van der Waals surface area contributed by atoms with Gasteiger partial charge < -0.3 is 20.4 Å². The summed E-state index contributed by atoms with van der Waals surface area (Å²) in [7, 11) is 0. The Balaban J connectivity index is 0.000000176. The predicted octanol–water partition coefficient (Wildman–Crippen LogP) is 11.7. The number of hydrogen-bond donors (Lipinski definition) is 4. The summed E-state index contributed by atoms with van der Waals surface area (Å²) in [5.41, 5.74) is -0.172. The van der Waals surface area contributed by atoms with Crippen LogP contribution in [-0.4, -0.2) is 135 Å². The number of carbonyl (C=O) groups is 12. The van der Waals surface area contributed by atoms with Crippen molar-refractivity contribution in [3.05, 3.63) is 190 Å². The minimum atomic E-state index is -1.23. The first kappa shape index (κ1) is 71.9. The molecule has 4 atom stereocenters. The summed E-state index contributed by atoms with van der Waals surface area (Å²) >= 11 is 0. The molecule has 20 nitrogen and oxygen atoms in total. The van der Waals surface area contributed by atoms with Crippen LogP contribution < -0.4 is 0 Å². The number of carboxylic acids is 4. The number of amides is 8. The molecular formula is C72H68N4O16Rh2. The second-order valence-corrected chi connectivity index (χ2v) is 27.2. The zero-order valence-electron chi connectivity index (χ0n) is 53.3. The zero-order chi connectivity index (χ0) is 67.8. The maximum absolute atomic E-state index is 12.8. The van der Waals surface area contributed by atoms with Gasteiger partial charge in [0.1, 0.15) is 24.2 Å². The molecular weight excluding hydrogens is 1380 g/mol. The van der Waals surface area contributed by atoms with Gasteiger partial charge in [-0.25, -0.2) is 19.2 Å². The normalized spacial score (nSPS) is 15.5. The van der Waals surface area contributed by atoms with E-state index in [4.69, 9.17) is 0 Å². The minimum absolute atomic E-state index is 0. The number of hydrogen-bond acceptors (Lipinski definition) is 12. The second-order valence-electron chi connectivity index (χ2n) is 27.2.